The van der Waals surface area contributed by atoms with E-state index in [4.69, 9.17) is 4.74 Å². The summed E-state index contributed by atoms with van der Waals surface area (Å²) in [6.45, 7) is 1.07. The Bertz CT molecular complexity index is 478. The number of aliphatic carboxylic acids is 1. The van der Waals surface area contributed by atoms with Gasteiger partial charge in [0.1, 0.15) is 11.8 Å². The van der Waals surface area contributed by atoms with Crippen molar-refractivity contribution >= 4 is 17.6 Å². The fourth-order valence-corrected chi connectivity index (χ4v) is 1.81. The van der Waals surface area contributed by atoms with Crippen LogP contribution in [-0.4, -0.2) is 43.3 Å². The van der Waals surface area contributed by atoms with Crippen LogP contribution >= 0.6 is 0 Å². The molecule has 21 heavy (non-hydrogen) atoms. The number of nitrogens with two attached hydrogens (primary N) is 1. The van der Waals surface area contributed by atoms with Crippen LogP contribution in [0.1, 0.15) is 12.8 Å². The summed E-state index contributed by atoms with van der Waals surface area (Å²) in [5, 5.41) is 24.4. The Morgan fingerprint density at radius 3 is 2.86 bits per heavy atom. The van der Waals surface area contributed by atoms with Crippen LogP contribution in [0.3, 0.4) is 0 Å². The van der Waals surface area contributed by atoms with E-state index in [2.05, 4.69) is 5.32 Å². The molecule has 0 bridgehead atoms. The van der Waals surface area contributed by atoms with E-state index in [0.717, 1.165) is 0 Å². The van der Waals surface area contributed by atoms with Gasteiger partial charge >= 0.3 is 0 Å². The number of benzene rings is 1. The summed E-state index contributed by atoms with van der Waals surface area (Å²) in [4.78, 5) is 22.8. The van der Waals surface area contributed by atoms with Gasteiger partial charge in [0, 0.05) is 25.3 Å². The largest absolute Gasteiger partial charge is 0.544 e. The first-order valence-corrected chi connectivity index (χ1v) is 6.65. The third-order valence-electron chi connectivity index (χ3n) is 2.84. The van der Waals surface area contributed by atoms with E-state index in [1.807, 2.05) is 0 Å². The highest BCUT2D eigenvalue weighted by Crippen LogP contribution is 2.15. The van der Waals surface area contributed by atoms with Crippen molar-refractivity contribution in [3.05, 3.63) is 24.3 Å². The van der Waals surface area contributed by atoms with Crippen LogP contribution in [0.5, 0.6) is 5.75 Å². The van der Waals surface area contributed by atoms with E-state index in [1.54, 1.807) is 24.6 Å². The molecule has 0 aliphatic heterocycles. The minimum absolute atomic E-state index is 0.0235. The van der Waals surface area contributed by atoms with E-state index >= 15 is 0 Å². The number of hydrogen-bond acceptors (Lipinski definition) is 5. The predicted molar refractivity (Wildman–Crippen MR) is 73.4 cm³/mol. The second kappa shape index (κ2) is 8.93. The number of quaternary nitrogens is 1. The van der Waals surface area contributed by atoms with Gasteiger partial charge in [-0.1, -0.05) is 6.07 Å². The van der Waals surface area contributed by atoms with E-state index in [1.165, 1.54) is 12.1 Å². The highest BCUT2D eigenvalue weighted by molar-refractivity contribution is 5.93. The normalized spacial score (nSPS) is 11.9. The zero-order valence-corrected chi connectivity index (χ0v) is 11.9. The van der Waals surface area contributed by atoms with Crippen molar-refractivity contribution < 1.29 is 29.9 Å². The summed E-state index contributed by atoms with van der Waals surface area (Å²) in [6, 6.07) is 5.10. The lowest BCUT2D eigenvalue weighted by Crippen LogP contribution is -2.93. The van der Waals surface area contributed by atoms with Gasteiger partial charge in [0.2, 0.25) is 5.91 Å². The second-order valence-electron chi connectivity index (χ2n) is 4.60. The SMILES string of the molecule is COCCC[NH2+][C@H](CC(=O)Nc1cccc(O)c1)C(=O)[O-]. The smallest absolute Gasteiger partial charge is 0.230 e. The van der Waals surface area contributed by atoms with Crippen LogP contribution in [0.4, 0.5) is 5.69 Å². The Morgan fingerprint density at radius 1 is 1.48 bits per heavy atom. The predicted octanol–water partition coefficient (Wildman–Crippen LogP) is -1.56. The summed E-state index contributed by atoms with van der Waals surface area (Å²) >= 11 is 0. The highest BCUT2D eigenvalue weighted by atomic mass is 16.5. The average Bonchev–Trinajstić information content (AvgIpc) is 2.42. The summed E-state index contributed by atoms with van der Waals surface area (Å²) in [6.07, 6.45) is 0.486. The Kier molecular flexibility index (Phi) is 7.20. The van der Waals surface area contributed by atoms with Crippen LogP contribution < -0.4 is 15.7 Å². The number of anilines is 1. The number of carboxylic acid groups (broad SMARTS) is 1. The fourth-order valence-electron chi connectivity index (χ4n) is 1.81. The number of aromatic hydroxyl groups is 1. The molecule has 1 amide bonds. The lowest BCUT2D eigenvalue weighted by molar-refractivity contribution is -0.682. The Hall–Kier alpha value is -2.12. The van der Waals surface area contributed by atoms with Crippen molar-refractivity contribution in [2.75, 3.05) is 25.6 Å². The fraction of sp³-hybridized carbons (Fsp3) is 0.429. The van der Waals surface area contributed by atoms with Crippen molar-refractivity contribution in [3.8, 4) is 5.75 Å². The van der Waals surface area contributed by atoms with Gasteiger partial charge in [-0.15, -0.1) is 0 Å². The maximum absolute atomic E-state index is 11.8. The number of amides is 1. The van der Waals surface area contributed by atoms with Gasteiger partial charge in [0.05, 0.1) is 25.5 Å². The van der Waals surface area contributed by atoms with Crippen LogP contribution in [0.25, 0.3) is 0 Å². The molecule has 0 unspecified atom stereocenters. The quantitative estimate of drug-likeness (QED) is 0.477. The molecule has 116 valence electrons. The molecule has 0 heterocycles. The number of nitrogens with one attached hydrogen (secondary N) is 1. The third kappa shape index (κ3) is 6.73. The molecular formula is C14H20N2O5. The summed E-state index contributed by atoms with van der Waals surface area (Å²) in [5.74, 6) is -1.70. The van der Waals surface area contributed by atoms with Crippen LogP contribution in [0.15, 0.2) is 24.3 Å². The summed E-state index contributed by atoms with van der Waals surface area (Å²) in [5.41, 5.74) is 0.413. The Morgan fingerprint density at radius 2 is 2.24 bits per heavy atom. The maximum Gasteiger partial charge on any atom is 0.230 e. The van der Waals surface area contributed by atoms with Gasteiger partial charge in [-0.25, -0.2) is 0 Å². The van der Waals surface area contributed by atoms with Crippen LogP contribution in [0, 0.1) is 0 Å². The van der Waals surface area contributed by atoms with Crippen molar-refractivity contribution in [2.24, 2.45) is 0 Å². The number of methoxy groups -OCH3 is 1. The van der Waals surface area contributed by atoms with Crippen molar-refractivity contribution in [1.82, 2.24) is 0 Å². The van der Waals surface area contributed by atoms with Crippen molar-refractivity contribution in [2.45, 2.75) is 18.9 Å². The number of carboxylic acids is 1. The van der Waals surface area contributed by atoms with Gasteiger partial charge in [0.25, 0.3) is 0 Å². The molecule has 0 saturated carbocycles. The second-order valence-corrected chi connectivity index (χ2v) is 4.60. The Balaban J connectivity index is 2.46. The van der Waals surface area contributed by atoms with E-state index in [-0.39, 0.29) is 12.2 Å². The number of rotatable bonds is 9. The molecule has 4 N–H and O–H groups in total. The minimum Gasteiger partial charge on any atom is -0.544 e. The molecule has 1 atom stereocenters. The molecular weight excluding hydrogens is 276 g/mol. The molecule has 0 aliphatic carbocycles. The zero-order valence-electron chi connectivity index (χ0n) is 11.9. The molecule has 7 heteroatoms. The first-order chi connectivity index (χ1) is 10.0. The maximum atomic E-state index is 11.8. The number of hydrogen-bond donors (Lipinski definition) is 3. The lowest BCUT2D eigenvalue weighted by atomic mass is 10.2. The monoisotopic (exact) mass is 296 g/mol. The first kappa shape index (κ1) is 16.9. The minimum atomic E-state index is -1.28. The molecule has 0 saturated heterocycles. The molecule has 1 aromatic carbocycles. The third-order valence-corrected chi connectivity index (χ3v) is 2.84. The van der Waals surface area contributed by atoms with Gasteiger partial charge in [-0.3, -0.25) is 4.79 Å². The number of phenolic OH excluding ortho intramolecular Hbond substituents is 1. The van der Waals surface area contributed by atoms with E-state index in [9.17, 15) is 19.8 Å². The molecule has 1 aromatic rings. The van der Waals surface area contributed by atoms with Crippen LogP contribution in [0.2, 0.25) is 0 Å². The number of ether oxygens (including phenoxy) is 1. The number of carbonyl (C=O) groups is 2. The van der Waals surface area contributed by atoms with Crippen LogP contribution in [-0.2, 0) is 14.3 Å². The molecule has 0 aromatic heterocycles. The van der Waals surface area contributed by atoms with Gasteiger partial charge in [0.15, 0.2) is 0 Å². The first-order valence-electron chi connectivity index (χ1n) is 6.65. The molecule has 1 rings (SSSR count). The van der Waals surface area contributed by atoms with Crippen molar-refractivity contribution in [3.63, 3.8) is 0 Å². The standard InChI is InChI=1S/C14H20N2O5/c1-21-7-3-6-15-12(14(19)20)9-13(18)16-10-4-2-5-11(17)8-10/h2,4-5,8,12,15,17H,3,6-7,9H2,1H3,(H,16,18)(H,19,20)/t12-/m1/s1. The number of phenols is 1. The number of carbonyl (C=O) groups excluding carboxylic acids is 2. The van der Waals surface area contributed by atoms with Gasteiger partial charge in [-0.05, 0) is 12.1 Å². The zero-order chi connectivity index (χ0) is 15.7. The van der Waals surface area contributed by atoms with E-state index < -0.39 is 17.9 Å². The van der Waals surface area contributed by atoms with Crippen molar-refractivity contribution in [1.29, 1.82) is 0 Å². The summed E-state index contributed by atoms with van der Waals surface area (Å²) < 4.78 is 4.87. The molecule has 0 fully saturated rings. The van der Waals surface area contributed by atoms with Gasteiger partial charge in [-0.2, -0.15) is 0 Å². The van der Waals surface area contributed by atoms with Gasteiger partial charge < -0.3 is 30.4 Å². The Labute approximate surface area is 122 Å². The average molecular weight is 296 g/mol. The topological polar surface area (TPSA) is 115 Å². The van der Waals surface area contributed by atoms with E-state index in [0.29, 0.717) is 25.3 Å². The molecule has 0 aliphatic rings. The highest BCUT2D eigenvalue weighted by Gasteiger charge is 2.18. The molecule has 0 radical (unpaired) electrons. The molecule has 0 spiro atoms. The summed E-state index contributed by atoms with van der Waals surface area (Å²) in [7, 11) is 1.57. The lowest BCUT2D eigenvalue weighted by Gasteiger charge is -2.16. The molecule has 7 nitrogen and oxygen atoms in total.